The van der Waals surface area contributed by atoms with Gasteiger partial charge in [-0.1, -0.05) is 43.5 Å². The van der Waals surface area contributed by atoms with Crippen LogP contribution in [-0.2, 0) is 17.9 Å². The number of benzene rings is 1. The maximum atomic E-state index is 11.8. The van der Waals surface area contributed by atoms with Crippen molar-refractivity contribution in [2.45, 2.75) is 62.8 Å². The van der Waals surface area contributed by atoms with Gasteiger partial charge in [-0.2, -0.15) is 11.8 Å². The zero-order chi connectivity index (χ0) is 20.1. The van der Waals surface area contributed by atoms with Crippen LogP contribution < -0.4 is 5.32 Å². The summed E-state index contributed by atoms with van der Waals surface area (Å²) in [5, 5.41) is 3.58. The van der Waals surface area contributed by atoms with Crippen molar-refractivity contribution in [2.75, 3.05) is 32.4 Å². The van der Waals surface area contributed by atoms with Crippen LogP contribution in [0.1, 0.15) is 56.1 Å². The van der Waals surface area contributed by atoms with Crippen LogP contribution in [0, 0.1) is 0 Å². The molecule has 2 saturated heterocycles. The van der Waals surface area contributed by atoms with Crippen molar-refractivity contribution in [2.24, 2.45) is 4.99 Å². The summed E-state index contributed by atoms with van der Waals surface area (Å²) < 4.78 is 0.447. The van der Waals surface area contributed by atoms with Crippen molar-refractivity contribution in [3.05, 3.63) is 35.4 Å². The third-order valence-electron chi connectivity index (χ3n) is 6.54. The number of amides is 1. The Morgan fingerprint density at radius 3 is 2.50 bits per heavy atom. The van der Waals surface area contributed by atoms with Crippen LogP contribution >= 0.6 is 35.7 Å². The number of hydrogen-bond acceptors (Lipinski definition) is 3. The Kier molecular flexibility index (Phi) is 8.74. The van der Waals surface area contributed by atoms with Gasteiger partial charge in [0.25, 0.3) is 0 Å². The zero-order valence-electron chi connectivity index (χ0n) is 18.1. The highest BCUT2D eigenvalue weighted by atomic mass is 127. The fraction of sp³-hybridized carbons (Fsp3) is 0.652. The van der Waals surface area contributed by atoms with Crippen molar-refractivity contribution in [1.29, 1.82) is 0 Å². The average molecular weight is 543 g/mol. The van der Waals surface area contributed by atoms with Gasteiger partial charge in [-0.05, 0) is 30.4 Å². The van der Waals surface area contributed by atoms with Crippen LogP contribution in [0.4, 0.5) is 0 Å². The summed E-state index contributed by atoms with van der Waals surface area (Å²) in [6, 6.07) is 8.65. The Hall–Kier alpha value is -0.960. The summed E-state index contributed by atoms with van der Waals surface area (Å²) in [6.07, 6.45) is 8.56. The topological polar surface area (TPSA) is 47.9 Å². The smallest absolute Gasteiger partial charge is 0.222 e. The fourth-order valence-corrected chi connectivity index (χ4v) is 6.46. The van der Waals surface area contributed by atoms with Crippen molar-refractivity contribution in [3.8, 4) is 0 Å². The molecule has 1 N–H and O–H groups in total. The zero-order valence-corrected chi connectivity index (χ0v) is 21.2. The molecule has 1 spiro atoms. The molecule has 0 radical (unpaired) electrons. The molecule has 3 aliphatic rings. The summed E-state index contributed by atoms with van der Waals surface area (Å²) >= 11 is 2.19. The number of carbonyl (C=O) groups is 1. The summed E-state index contributed by atoms with van der Waals surface area (Å²) in [4.78, 5) is 20.8. The molecule has 3 fully saturated rings. The highest BCUT2D eigenvalue weighted by Crippen LogP contribution is 2.42. The van der Waals surface area contributed by atoms with E-state index in [4.69, 9.17) is 0 Å². The summed E-state index contributed by atoms with van der Waals surface area (Å²) in [5.74, 6) is 2.52. The minimum Gasteiger partial charge on any atom is -0.352 e. The van der Waals surface area contributed by atoms with Gasteiger partial charge in [-0.3, -0.25) is 9.79 Å². The molecule has 30 heavy (non-hydrogen) atoms. The molecule has 2 heterocycles. The van der Waals surface area contributed by atoms with Crippen LogP contribution in [0.15, 0.2) is 29.3 Å². The first-order valence-corrected chi connectivity index (χ1v) is 12.1. The van der Waals surface area contributed by atoms with Crippen molar-refractivity contribution < 1.29 is 4.79 Å². The van der Waals surface area contributed by atoms with Crippen molar-refractivity contribution >= 4 is 47.6 Å². The molecule has 0 atom stereocenters. The number of nitrogens with zero attached hydrogens (tertiary/aromatic N) is 3. The molecule has 166 valence electrons. The number of carbonyl (C=O) groups excluding carboxylic acids is 1. The molecule has 1 amide bonds. The lowest BCUT2D eigenvalue weighted by Crippen LogP contribution is -2.53. The Bertz CT molecular complexity index is 728. The Balaban J connectivity index is 0.00000256. The molecule has 0 unspecified atom stereocenters. The van der Waals surface area contributed by atoms with Gasteiger partial charge in [-0.25, -0.2) is 0 Å². The first kappa shape index (κ1) is 23.7. The lowest BCUT2D eigenvalue weighted by atomic mass is 9.87. The second-order valence-electron chi connectivity index (χ2n) is 8.65. The maximum Gasteiger partial charge on any atom is 0.222 e. The molecular weight excluding hydrogens is 507 g/mol. The van der Waals surface area contributed by atoms with Gasteiger partial charge < -0.3 is 15.1 Å². The minimum absolute atomic E-state index is 0. The van der Waals surface area contributed by atoms with Crippen LogP contribution in [0.2, 0.25) is 0 Å². The monoisotopic (exact) mass is 542 g/mol. The molecule has 0 bridgehead atoms. The van der Waals surface area contributed by atoms with E-state index in [0.717, 1.165) is 45.1 Å². The molecule has 7 heteroatoms. The molecule has 4 rings (SSSR count). The van der Waals surface area contributed by atoms with E-state index in [1.54, 1.807) is 0 Å². The van der Waals surface area contributed by atoms with E-state index in [1.807, 2.05) is 11.9 Å². The highest BCUT2D eigenvalue weighted by Gasteiger charge is 2.38. The van der Waals surface area contributed by atoms with E-state index in [1.165, 1.54) is 49.0 Å². The van der Waals surface area contributed by atoms with Crippen molar-refractivity contribution in [1.82, 2.24) is 15.1 Å². The first-order valence-electron chi connectivity index (χ1n) is 11.1. The minimum atomic E-state index is 0. The Morgan fingerprint density at radius 1 is 1.10 bits per heavy atom. The summed E-state index contributed by atoms with van der Waals surface area (Å²) in [7, 11) is 1.90. The quantitative estimate of drug-likeness (QED) is 0.351. The highest BCUT2D eigenvalue weighted by molar-refractivity contribution is 14.0. The normalized spacial score (nSPS) is 21.6. The lowest BCUT2D eigenvalue weighted by Gasteiger charge is -2.45. The third kappa shape index (κ3) is 5.84. The second-order valence-corrected chi connectivity index (χ2v) is 10.2. The van der Waals surface area contributed by atoms with E-state index in [9.17, 15) is 4.79 Å². The average Bonchev–Trinajstić information content (AvgIpc) is 3.15. The van der Waals surface area contributed by atoms with Gasteiger partial charge in [0.05, 0.1) is 0 Å². The largest absolute Gasteiger partial charge is 0.352 e. The second kappa shape index (κ2) is 11.1. The third-order valence-corrected chi connectivity index (χ3v) is 8.08. The van der Waals surface area contributed by atoms with Gasteiger partial charge in [0, 0.05) is 56.7 Å². The SMILES string of the molecule is CN=C(NCc1ccc(CN2CCCC2=O)cc1)N1CCSC2(CCCCC2)C1.I. The van der Waals surface area contributed by atoms with E-state index >= 15 is 0 Å². The predicted molar refractivity (Wildman–Crippen MR) is 137 cm³/mol. The van der Waals surface area contributed by atoms with E-state index in [0.29, 0.717) is 11.2 Å². The number of nitrogens with one attached hydrogen (secondary N) is 1. The van der Waals surface area contributed by atoms with Crippen LogP contribution in [0.3, 0.4) is 0 Å². The number of thioether (sulfide) groups is 1. The molecule has 5 nitrogen and oxygen atoms in total. The Labute approximate surface area is 202 Å². The number of halogens is 1. The van der Waals surface area contributed by atoms with Crippen LogP contribution in [0.25, 0.3) is 0 Å². The van der Waals surface area contributed by atoms with E-state index in [2.05, 4.69) is 51.2 Å². The van der Waals surface area contributed by atoms with Gasteiger partial charge in [-0.15, -0.1) is 24.0 Å². The number of rotatable bonds is 4. The number of hydrogen-bond donors (Lipinski definition) is 1. The standard InChI is InChI=1S/C23H34N4OS.HI/c1-24-22(27-14-15-29-23(18-27)11-3-2-4-12-23)25-16-19-7-9-20(10-8-19)17-26-13-5-6-21(26)28;/h7-10H,2-6,11-18H2,1H3,(H,24,25);1H. The summed E-state index contributed by atoms with van der Waals surface area (Å²) in [5.41, 5.74) is 2.46. The molecular formula is C23H35IN4OS. The lowest BCUT2D eigenvalue weighted by molar-refractivity contribution is -0.128. The fourth-order valence-electron chi connectivity index (χ4n) is 4.89. The van der Waals surface area contributed by atoms with Gasteiger partial charge in [0.15, 0.2) is 5.96 Å². The van der Waals surface area contributed by atoms with Gasteiger partial charge in [0.2, 0.25) is 5.91 Å². The van der Waals surface area contributed by atoms with Gasteiger partial charge >= 0.3 is 0 Å². The number of guanidine groups is 1. The predicted octanol–water partition coefficient (Wildman–Crippen LogP) is 4.25. The van der Waals surface area contributed by atoms with Crippen LogP contribution in [0.5, 0.6) is 0 Å². The van der Waals surface area contributed by atoms with E-state index < -0.39 is 0 Å². The molecule has 0 aromatic heterocycles. The number of aliphatic imine (C=N–C) groups is 1. The molecule has 1 aromatic rings. The molecule has 1 aromatic carbocycles. The van der Waals surface area contributed by atoms with Crippen molar-refractivity contribution in [3.63, 3.8) is 0 Å². The molecule has 1 aliphatic carbocycles. The van der Waals surface area contributed by atoms with Crippen LogP contribution in [-0.4, -0.2) is 58.8 Å². The summed E-state index contributed by atoms with van der Waals surface area (Å²) in [6.45, 7) is 4.62. The Morgan fingerprint density at radius 2 is 1.83 bits per heavy atom. The molecule has 2 aliphatic heterocycles. The molecule has 1 saturated carbocycles. The number of likely N-dealkylation sites (tertiary alicyclic amines) is 1. The van der Waals surface area contributed by atoms with E-state index in [-0.39, 0.29) is 29.9 Å². The van der Waals surface area contributed by atoms with Gasteiger partial charge in [0.1, 0.15) is 0 Å². The maximum absolute atomic E-state index is 11.8. The first-order chi connectivity index (χ1) is 14.2.